The first-order valence-corrected chi connectivity index (χ1v) is 10.7. The number of carbonyl (C=O) groups excluding carboxylic acids is 2. The lowest BCUT2D eigenvalue weighted by Crippen LogP contribution is -2.45. The third-order valence-electron chi connectivity index (χ3n) is 6.16. The predicted molar refractivity (Wildman–Crippen MR) is 109 cm³/mol. The SMILES string of the molecule is CNC(=O)c1cc2c(nc1NCC1CC1)CCN(C(=O)NC1CCCC1)CC2. The molecule has 7 nitrogen and oxygen atoms in total. The minimum Gasteiger partial charge on any atom is -0.369 e. The Balaban J connectivity index is 1.47. The van der Waals surface area contributed by atoms with Crippen LogP contribution < -0.4 is 16.0 Å². The lowest BCUT2D eigenvalue weighted by molar-refractivity contribution is 0.0963. The molecule has 2 heterocycles. The number of hydrogen-bond acceptors (Lipinski definition) is 4. The summed E-state index contributed by atoms with van der Waals surface area (Å²) < 4.78 is 0. The van der Waals surface area contributed by atoms with Crippen LogP contribution in [0.2, 0.25) is 0 Å². The van der Waals surface area contributed by atoms with Gasteiger partial charge in [-0.15, -0.1) is 0 Å². The molecule has 28 heavy (non-hydrogen) atoms. The Kier molecular flexibility index (Phi) is 5.69. The zero-order chi connectivity index (χ0) is 19.5. The first-order chi connectivity index (χ1) is 13.6. The van der Waals surface area contributed by atoms with Gasteiger partial charge in [-0.2, -0.15) is 0 Å². The highest BCUT2D eigenvalue weighted by Crippen LogP contribution is 2.30. The van der Waals surface area contributed by atoms with Crippen molar-refractivity contribution in [2.45, 2.75) is 57.4 Å². The summed E-state index contributed by atoms with van der Waals surface area (Å²) in [6, 6.07) is 2.34. The Morgan fingerprint density at radius 1 is 1.14 bits per heavy atom. The van der Waals surface area contributed by atoms with Gasteiger partial charge in [0.25, 0.3) is 5.91 Å². The van der Waals surface area contributed by atoms with Crippen molar-refractivity contribution in [2.75, 3.05) is 32.0 Å². The maximum atomic E-state index is 12.6. The predicted octanol–water partition coefficient (Wildman–Crippen LogP) is 2.32. The summed E-state index contributed by atoms with van der Waals surface area (Å²) >= 11 is 0. The molecule has 4 rings (SSSR count). The number of anilines is 1. The van der Waals surface area contributed by atoms with E-state index in [1.807, 2.05) is 11.0 Å². The molecular weight excluding hydrogens is 354 g/mol. The van der Waals surface area contributed by atoms with Crippen molar-refractivity contribution in [1.29, 1.82) is 0 Å². The van der Waals surface area contributed by atoms with Crippen molar-refractivity contribution in [2.24, 2.45) is 5.92 Å². The molecule has 3 aliphatic rings. The Hall–Kier alpha value is -2.31. The van der Waals surface area contributed by atoms with Crippen LogP contribution in [0, 0.1) is 5.92 Å². The summed E-state index contributed by atoms with van der Waals surface area (Å²) in [5.74, 6) is 1.26. The van der Waals surface area contributed by atoms with Crippen molar-refractivity contribution in [3.8, 4) is 0 Å². The van der Waals surface area contributed by atoms with Crippen LogP contribution in [0.1, 0.15) is 60.1 Å². The van der Waals surface area contributed by atoms with E-state index in [0.29, 0.717) is 36.4 Å². The number of urea groups is 1. The van der Waals surface area contributed by atoms with Crippen LogP contribution >= 0.6 is 0 Å². The van der Waals surface area contributed by atoms with Gasteiger partial charge >= 0.3 is 6.03 Å². The van der Waals surface area contributed by atoms with Gasteiger partial charge in [-0.25, -0.2) is 9.78 Å². The minimum absolute atomic E-state index is 0.0401. The number of carbonyl (C=O) groups is 2. The summed E-state index contributed by atoms with van der Waals surface area (Å²) in [6.07, 6.45) is 8.54. The van der Waals surface area contributed by atoms with E-state index < -0.39 is 0 Å². The molecular formula is C21H31N5O2. The van der Waals surface area contributed by atoms with Crippen LogP contribution in [0.5, 0.6) is 0 Å². The Bertz CT molecular complexity index is 741. The van der Waals surface area contributed by atoms with Crippen molar-refractivity contribution >= 4 is 17.8 Å². The highest BCUT2D eigenvalue weighted by atomic mass is 16.2. The fraction of sp³-hybridized carbons (Fsp3) is 0.667. The van der Waals surface area contributed by atoms with Crippen LogP contribution in [0.4, 0.5) is 10.6 Å². The van der Waals surface area contributed by atoms with Gasteiger partial charge in [-0.05, 0) is 49.7 Å². The first-order valence-electron chi connectivity index (χ1n) is 10.7. The molecule has 152 valence electrons. The highest BCUT2D eigenvalue weighted by Gasteiger charge is 2.26. The van der Waals surface area contributed by atoms with Gasteiger partial charge in [-0.1, -0.05) is 12.8 Å². The van der Waals surface area contributed by atoms with Gasteiger partial charge < -0.3 is 20.9 Å². The molecule has 0 atom stereocenters. The number of pyridine rings is 1. The molecule has 2 fully saturated rings. The molecule has 3 N–H and O–H groups in total. The molecule has 1 aromatic heterocycles. The summed E-state index contributed by atoms with van der Waals surface area (Å²) in [5, 5.41) is 9.28. The average molecular weight is 386 g/mol. The van der Waals surface area contributed by atoms with Crippen molar-refractivity contribution in [3.05, 3.63) is 22.9 Å². The number of amides is 3. The van der Waals surface area contributed by atoms with Gasteiger partial charge in [0, 0.05) is 44.8 Å². The summed E-state index contributed by atoms with van der Waals surface area (Å²) in [5.41, 5.74) is 2.68. The first kappa shape index (κ1) is 19.0. The minimum atomic E-state index is -0.117. The monoisotopic (exact) mass is 385 g/mol. The molecule has 0 spiro atoms. The second kappa shape index (κ2) is 8.37. The molecule has 1 aromatic rings. The normalized spacial score (nSPS) is 19.7. The van der Waals surface area contributed by atoms with Crippen molar-refractivity contribution < 1.29 is 9.59 Å². The number of nitrogens with one attached hydrogen (secondary N) is 3. The number of fused-ring (bicyclic) bond motifs is 1. The standard InChI is InChI=1S/C21H31N5O2/c1-22-20(27)17-12-15-8-10-26(21(28)24-16-4-2-3-5-16)11-9-18(15)25-19(17)23-13-14-6-7-14/h12,14,16H,2-11,13H2,1H3,(H,22,27)(H,23,25)(H,24,28). The molecule has 0 saturated heterocycles. The number of nitrogens with zero attached hydrogens (tertiary/aromatic N) is 2. The van der Waals surface area contributed by atoms with Crippen molar-refractivity contribution in [1.82, 2.24) is 20.5 Å². The molecule has 0 aromatic carbocycles. The fourth-order valence-corrected chi connectivity index (χ4v) is 4.18. The largest absolute Gasteiger partial charge is 0.369 e. The van der Waals surface area contributed by atoms with Crippen LogP contribution in [0.25, 0.3) is 0 Å². The second-order valence-corrected chi connectivity index (χ2v) is 8.31. The van der Waals surface area contributed by atoms with E-state index in [1.54, 1.807) is 7.05 Å². The smallest absolute Gasteiger partial charge is 0.317 e. The summed E-state index contributed by atoms with van der Waals surface area (Å²) in [7, 11) is 1.65. The van der Waals surface area contributed by atoms with Gasteiger partial charge in [-0.3, -0.25) is 4.79 Å². The number of aromatic nitrogens is 1. The molecule has 1 aliphatic heterocycles. The zero-order valence-electron chi connectivity index (χ0n) is 16.7. The highest BCUT2D eigenvalue weighted by molar-refractivity contribution is 5.98. The zero-order valence-corrected chi connectivity index (χ0v) is 16.7. The van der Waals surface area contributed by atoms with E-state index in [9.17, 15) is 9.59 Å². The third-order valence-corrected chi connectivity index (χ3v) is 6.16. The molecule has 7 heteroatoms. The van der Waals surface area contributed by atoms with E-state index in [4.69, 9.17) is 4.98 Å². The fourth-order valence-electron chi connectivity index (χ4n) is 4.18. The van der Waals surface area contributed by atoms with E-state index >= 15 is 0 Å². The lowest BCUT2D eigenvalue weighted by Gasteiger charge is -2.23. The maximum Gasteiger partial charge on any atom is 0.317 e. The van der Waals surface area contributed by atoms with Gasteiger partial charge in [0.2, 0.25) is 0 Å². The molecule has 2 saturated carbocycles. The Morgan fingerprint density at radius 3 is 2.61 bits per heavy atom. The topological polar surface area (TPSA) is 86.4 Å². The van der Waals surface area contributed by atoms with Crippen LogP contribution in [0.3, 0.4) is 0 Å². The summed E-state index contributed by atoms with van der Waals surface area (Å²) in [4.78, 5) is 31.7. The van der Waals surface area contributed by atoms with E-state index in [1.165, 1.54) is 25.7 Å². The summed E-state index contributed by atoms with van der Waals surface area (Å²) in [6.45, 7) is 2.20. The lowest BCUT2D eigenvalue weighted by atomic mass is 10.1. The van der Waals surface area contributed by atoms with Crippen molar-refractivity contribution in [3.63, 3.8) is 0 Å². The Morgan fingerprint density at radius 2 is 1.89 bits per heavy atom. The molecule has 0 radical (unpaired) electrons. The molecule has 2 aliphatic carbocycles. The van der Waals surface area contributed by atoms with E-state index in [-0.39, 0.29) is 11.9 Å². The quantitative estimate of drug-likeness (QED) is 0.726. The van der Waals surface area contributed by atoms with Crippen LogP contribution in [-0.2, 0) is 12.8 Å². The molecule has 0 unspecified atom stereocenters. The van der Waals surface area contributed by atoms with E-state index in [0.717, 1.165) is 43.5 Å². The van der Waals surface area contributed by atoms with Crippen LogP contribution in [0.15, 0.2) is 6.07 Å². The van der Waals surface area contributed by atoms with E-state index in [2.05, 4.69) is 16.0 Å². The van der Waals surface area contributed by atoms with Gasteiger partial charge in [0.1, 0.15) is 5.82 Å². The molecule has 3 amide bonds. The average Bonchev–Trinajstić information content (AvgIpc) is 3.44. The third kappa shape index (κ3) is 4.39. The number of hydrogen-bond donors (Lipinski definition) is 3. The van der Waals surface area contributed by atoms with Gasteiger partial charge in [0.15, 0.2) is 0 Å². The van der Waals surface area contributed by atoms with Gasteiger partial charge in [0.05, 0.1) is 5.56 Å². The number of rotatable bonds is 5. The molecule has 0 bridgehead atoms. The second-order valence-electron chi connectivity index (χ2n) is 8.31. The van der Waals surface area contributed by atoms with Crippen LogP contribution in [-0.4, -0.2) is 54.5 Å². The Labute approximate surface area is 166 Å². The maximum absolute atomic E-state index is 12.6.